The van der Waals surface area contributed by atoms with E-state index in [1.165, 1.54) is 6.08 Å². The predicted octanol–water partition coefficient (Wildman–Crippen LogP) is 2.95. The molecule has 0 spiro atoms. The van der Waals surface area contributed by atoms with Gasteiger partial charge in [-0.2, -0.15) is 0 Å². The number of hydrogen-bond acceptors (Lipinski definition) is 5. The number of nitrogens with one attached hydrogen (secondary N) is 1. The van der Waals surface area contributed by atoms with Crippen LogP contribution in [0.1, 0.15) is 31.2 Å². The maximum atomic E-state index is 12.4. The zero-order valence-corrected chi connectivity index (χ0v) is 14.6. The molecule has 1 N–H and O–H groups in total. The Labute approximate surface area is 148 Å². The quantitative estimate of drug-likeness (QED) is 0.424. The van der Waals surface area contributed by atoms with Crippen molar-refractivity contribution in [2.75, 3.05) is 13.7 Å². The number of ketones is 1. The number of esters is 1. The fraction of sp³-hybridized carbons (Fsp3) is 0.400. The molecule has 0 saturated carbocycles. The van der Waals surface area contributed by atoms with Gasteiger partial charge in [-0.05, 0) is 37.0 Å². The lowest BCUT2D eigenvalue weighted by atomic mass is 9.90. The van der Waals surface area contributed by atoms with Gasteiger partial charge in [-0.1, -0.05) is 30.9 Å². The molecule has 0 saturated heterocycles. The van der Waals surface area contributed by atoms with Crippen LogP contribution >= 0.6 is 0 Å². The summed E-state index contributed by atoms with van der Waals surface area (Å²) >= 11 is 0. The van der Waals surface area contributed by atoms with Gasteiger partial charge in [0.05, 0.1) is 7.11 Å². The Morgan fingerprint density at radius 3 is 2.76 bits per heavy atom. The fourth-order valence-corrected chi connectivity index (χ4v) is 2.82. The average Bonchev–Trinajstić information content (AvgIpc) is 2.65. The Hall–Kier alpha value is -2.40. The van der Waals surface area contributed by atoms with Gasteiger partial charge in [-0.15, -0.1) is 0 Å². The van der Waals surface area contributed by atoms with E-state index in [4.69, 9.17) is 9.47 Å². The van der Waals surface area contributed by atoms with Crippen molar-refractivity contribution < 1.29 is 19.1 Å². The highest BCUT2D eigenvalue weighted by Crippen LogP contribution is 2.21. The van der Waals surface area contributed by atoms with Gasteiger partial charge >= 0.3 is 5.97 Å². The van der Waals surface area contributed by atoms with E-state index in [0.29, 0.717) is 12.1 Å². The van der Waals surface area contributed by atoms with Crippen molar-refractivity contribution in [2.45, 2.75) is 38.3 Å². The van der Waals surface area contributed by atoms with Crippen LogP contribution in [0.4, 0.5) is 0 Å². The SMILES string of the molecule is C=CCOC(=O)CC(=O)C1=CCCC[C@@H]1NCc1ccc(OC)cc1. The zero-order chi connectivity index (χ0) is 18.1. The van der Waals surface area contributed by atoms with Crippen LogP contribution in [-0.4, -0.2) is 31.5 Å². The number of carbonyl (C=O) groups is 2. The summed E-state index contributed by atoms with van der Waals surface area (Å²) < 4.78 is 10.1. The first-order chi connectivity index (χ1) is 12.1. The smallest absolute Gasteiger partial charge is 0.313 e. The molecule has 25 heavy (non-hydrogen) atoms. The number of hydrogen-bond donors (Lipinski definition) is 1. The topological polar surface area (TPSA) is 64.6 Å². The van der Waals surface area contributed by atoms with Gasteiger partial charge in [-0.3, -0.25) is 9.59 Å². The molecule has 0 radical (unpaired) electrons. The highest BCUT2D eigenvalue weighted by atomic mass is 16.5. The number of carbonyl (C=O) groups excluding carboxylic acids is 2. The molecular formula is C20H25NO4. The Balaban J connectivity index is 1.92. The van der Waals surface area contributed by atoms with Crippen LogP contribution in [0.15, 0.2) is 48.6 Å². The maximum Gasteiger partial charge on any atom is 0.313 e. The molecule has 0 amide bonds. The van der Waals surface area contributed by atoms with E-state index in [1.54, 1.807) is 7.11 Å². The second-order valence-electron chi connectivity index (χ2n) is 5.94. The second kappa shape index (κ2) is 9.79. The molecule has 0 unspecified atom stereocenters. The maximum absolute atomic E-state index is 12.4. The van der Waals surface area contributed by atoms with Gasteiger partial charge in [0.2, 0.25) is 0 Å². The first kappa shape index (κ1) is 18.9. The second-order valence-corrected chi connectivity index (χ2v) is 5.94. The molecule has 2 rings (SSSR count). The first-order valence-corrected chi connectivity index (χ1v) is 8.50. The molecule has 1 aromatic carbocycles. The minimum Gasteiger partial charge on any atom is -0.497 e. The molecule has 0 aliphatic heterocycles. The number of Topliss-reactive ketones (excluding diaryl/α,β-unsaturated/α-hetero) is 1. The third-order valence-electron chi connectivity index (χ3n) is 4.14. The van der Waals surface area contributed by atoms with Crippen molar-refractivity contribution in [1.29, 1.82) is 0 Å². The highest BCUT2D eigenvalue weighted by Gasteiger charge is 2.24. The van der Waals surface area contributed by atoms with Crippen molar-refractivity contribution >= 4 is 11.8 Å². The summed E-state index contributed by atoms with van der Waals surface area (Å²) in [6, 6.07) is 7.78. The molecule has 1 aliphatic rings. The molecule has 0 heterocycles. The summed E-state index contributed by atoms with van der Waals surface area (Å²) in [6.07, 6.45) is 5.98. The Kier molecular flexibility index (Phi) is 7.41. The van der Waals surface area contributed by atoms with Crippen LogP contribution in [0.2, 0.25) is 0 Å². The van der Waals surface area contributed by atoms with Gasteiger partial charge in [0.1, 0.15) is 18.8 Å². The molecule has 5 nitrogen and oxygen atoms in total. The lowest BCUT2D eigenvalue weighted by Gasteiger charge is -2.24. The molecule has 1 aromatic rings. The normalized spacial score (nSPS) is 16.7. The van der Waals surface area contributed by atoms with E-state index >= 15 is 0 Å². The van der Waals surface area contributed by atoms with Gasteiger partial charge in [0.15, 0.2) is 5.78 Å². The van der Waals surface area contributed by atoms with Crippen LogP contribution in [0, 0.1) is 0 Å². The van der Waals surface area contributed by atoms with Gasteiger partial charge in [0, 0.05) is 18.2 Å². The van der Waals surface area contributed by atoms with Crippen molar-refractivity contribution in [1.82, 2.24) is 5.32 Å². The van der Waals surface area contributed by atoms with Crippen molar-refractivity contribution in [3.05, 3.63) is 54.1 Å². The zero-order valence-electron chi connectivity index (χ0n) is 14.6. The lowest BCUT2D eigenvalue weighted by Crippen LogP contribution is -2.35. The number of allylic oxidation sites excluding steroid dienone is 1. The Bertz CT molecular complexity index is 634. The van der Waals surface area contributed by atoms with E-state index in [2.05, 4.69) is 11.9 Å². The van der Waals surface area contributed by atoms with Gasteiger partial charge in [0.25, 0.3) is 0 Å². The van der Waals surface area contributed by atoms with E-state index in [-0.39, 0.29) is 24.9 Å². The molecule has 1 atom stereocenters. The molecule has 1 aliphatic carbocycles. The van der Waals surface area contributed by atoms with E-state index in [9.17, 15) is 9.59 Å². The summed E-state index contributed by atoms with van der Waals surface area (Å²) in [7, 11) is 1.64. The molecular weight excluding hydrogens is 318 g/mol. The minimum absolute atomic E-state index is 0.0319. The van der Waals surface area contributed by atoms with E-state index in [0.717, 1.165) is 30.6 Å². The Morgan fingerprint density at radius 2 is 2.08 bits per heavy atom. The van der Waals surface area contributed by atoms with E-state index in [1.807, 2.05) is 30.3 Å². The van der Waals surface area contributed by atoms with Crippen molar-refractivity contribution in [3.8, 4) is 5.75 Å². The molecule has 0 bridgehead atoms. The van der Waals surface area contributed by atoms with Crippen LogP contribution in [-0.2, 0) is 20.9 Å². The van der Waals surface area contributed by atoms with Crippen LogP contribution < -0.4 is 10.1 Å². The lowest BCUT2D eigenvalue weighted by molar-refractivity contribution is -0.144. The van der Waals surface area contributed by atoms with Crippen molar-refractivity contribution in [3.63, 3.8) is 0 Å². The van der Waals surface area contributed by atoms with Crippen molar-refractivity contribution in [2.24, 2.45) is 0 Å². The van der Waals surface area contributed by atoms with Crippen LogP contribution in [0.5, 0.6) is 5.75 Å². The highest BCUT2D eigenvalue weighted by molar-refractivity contribution is 6.06. The summed E-state index contributed by atoms with van der Waals surface area (Å²) in [5.41, 5.74) is 1.80. The standard InChI is InChI=1S/C20H25NO4/c1-3-12-25-20(23)13-19(22)17-6-4-5-7-18(17)21-14-15-8-10-16(24-2)11-9-15/h3,6,8-11,18,21H,1,4-5,7,12-14H2,2H3/t18-/m0/s1. The third kappa shape index (κ3) is 5.87. The monoisotopic (exact) mass is 343 g/mol. The predicted molar refractivity (Wildman–Crippen MR) is 96.3 cm³/mol. The summed E-state index contributed by atoms with van der Waals surface area (Å²) in [4.78, 5) is 24.1. The average molecular weight is 343 g/mol. The third-order valence-corrected chi connectivity index (χ3v) is 4.14. The van der Waals surface area contributed by atoms with E-state index < -0.39 is 5.97 Å². The van der Waals surface area contributed by atoms with Gasteiger partial charge < -0.3 is 14.8 Å². The minimum atomic E-state index is -0.509. The van der Waals surface area contributed by atoms with Gasteiger partial charge in [-0.25, -0.2) is 0 Å². The summed E-state index contributed by atoms with van der Waals surface area (Å²) in [5.74, 6) is 0.140. The van der Waals surface area contributed by atoms with Crippen LogP contribution in [0.25, 0.3) is 0 Å². The summed E-state index contributed by atoms with van der Waals surface area (Å²) in [6.45, 7) is 4.27. The van der Waals surface area contributed by atoms with Crippen LogP contribution in [0.3, 0.4) is 0 Å². The first-order valence-electron chi connectivity index (χ1n) is 8.50. The number of rotatable bonds is 9. The largest absolute Gasteiger partial charge is 0.497 e. The number of methoxy groups -OCH3 is 1. The molecule has 5 heteroatoms. The molecule has 0 fully saturated rings. The molecule has 0 aromatic heterocycles. The Morgan fingerprint density at radius 1 is 1.32 bits per heavy atom. The number of benzene rings is 1. The number of ether oxygens (including phenoxy) is 2. The summed E-state index contributed by atoms with van der Waals surface area (Å²) in [5, 5.41) is 3.42. The fourth-order valence-electron chi connectivity index (χ4n) is 2.82. The molecule has 134 valence electrons.